The third-order valence-electron chi connectivity index (χ3n) is 4.07. The molecule has 8 heteroatoms. The van der Waals surface area contributed by atoms with E-state index in [0.717, 1.165) is 25.0 Å². The van der Waals surface area contributed by atoms with Crippen LogP contribution in [-0.4, -0.2) is 27.6 Å². The van der Waals surface area contributed by atoms with Gasteiger partial charge in [-0.15, -0.1) is 11.3 Å². The summed E-state index contributed by atoms with van der Waals surface area (Å²) in [6.07, 6.45) is 2.97. The number of aryl methyl sites for hydroxylation is 1. The van der Waals surface area contributed by atoms with Crippen LogP contribution in [0.1, 0.15) is 23.9 Å². The first kappa shape index (κ1) is 17.0. The van der Waals surface area contributed by atoms with Crippen LogP contribution in [0.15, 0.2) is 23.1 Å². The van der Waals surface area contributed by atoms with E-state index in [-0.39, 0.29) is 4.90 Å². The largest absolute Gasteiger partial charge is 0.493 e. The van der Waals surface area contributed by atoms with Gasteiger partial charge in [0.25, 0.3) is 10.0 Å². The molecule has 1 aromatic heterocycles. The van der Waals surface area contributed by atoms with Crippen LogP contribution < -0.4 is 14.2 Å². The molecule has 2 aromatic rings. The standard InChI is InChI=1S/C16H20N2O4S2/c1-10-4-6-12-15(8-10)23-16(17-12)18-24(19,20)11-5-7-13(21-2)14(9-11)22-3/h5,7,9-10H,4,6,8H2,1-3H3,(H,17,18)/t10-/m0/s1. The van der Waals surface area contributed by atoms with Crippen LogP contribution in [0.2, 0.25) is 0 Å². The number of anilines is 1. The highest BCUT2D eigenvalue weighted by Crippen LogP contribution is 2.34. The number of nitrogens with zero attached hydrogens (tertiary/aromatic N) is 1. The van der Waals surface area contributed by atoms with Gasteiger partial charge in [0, 0.05) is 10.9 Å². The second-order valence-corrected chi connectivity index (χ2v) is 8.63. The van der Waals surface area contributed by atoms with Gasteiger partial charge in [0.1, 0.15) is 0 Å². The van der Waals surface area contributed by atoms with Crippen LogP contribution in [0.25, 0.3) is 0 Å². The number of thiazole rings is 1. The topological polar surface area (TPSA) is 77.5 Å². The van der Waals surface area contributed by atoms with E-state index in [1.54, 1.807) is 6.07 Å². The van der Waals surface area contributed by atoms with Crippen LogP contribution >= 0.6 is 11.3 Å². The molecule has 1 atom stereocenters. The fourth-order valence-electron chi connectivity index (χ4n) is 2.74. The molecule has 6 nitrogen and oxygen atoms in total. The van der Waals surface area contributed by atoms with Crippen molar-refractivity contribution in [1.82, 2.24) is 4.98 Å². The first-order valence-electron chi connectivity index (χ1n) is 7.66. The average molecular weight is 368 g/mol. The Balaban J connectivity index is 1.86. The molecule has 0 saturated heterocycles. The van der Waals surface area contributed by atoms with Crippen LogP contribution in [0.3, 0.4) is 0 Å². The van der Waals surface area contributed by atoms with E-state index in [1.807, 2.05) is 0 Å². The molecule has 0 unspecified atom stereocenters. The number of nitrogens with one attached hydrogen (secondary N) is 1. The Morgan fingerprint density at radius 2 is 2.00 bits per heavy atom. The lowest BCUT2D eigenvalue weighted by Gasteiger charge is -2.15. The summed E-state index contributed by atoms with van der Waals surface area (Å²) in [4.78, 5) is 5.74. The molecule has 3 rings (SSSR count). The predicted octanol–water partition coefficient (Wildman–Crippen LogP) is 3.09. The number of rotatable bonds is 5. The summed E-state index contributed by atoms with van der Waals surface area (Å²) in [7, 11) is -0.746. The molecule has 0 aliphatic heterocycles. The van der Waals surface area contributed by atoms with Crippen LogP contribution in [0.5, 0.6) is 11.5 Å². The number of methoxy groups -OCH3 is 2. The molecular formula is C16H20N2O4S2. The zero-order valence-electron chi connectivity index (χ0n) is 13.8. The molecule has 1 N–H and O–H groups in total. The fraction of sp³-hybridized carbons (Fsp3) is 0.438. The number of hydrogen-bond acceptors (Lipinski definition) is 6. The van der Waals surface area contributed by atoms with Crippen LogP contribution in [0.4, 0.5) is 5.13 Å². The highest BCUT2D eigenvalue weighted by Gasteiger charge is 2.23. The normalized spacial score (nSPS) is 17.2. The van der Waals surface area contributed by atoms with E-state index >= 15 is 0 Å². The van der Waals surface area contributed by atoms with Crippen LogP contribution in [-0.2, 0) is 22.9 Å². The monoisotopic (exact) mass is 368 g/mol. The number of hydrogen-bond donors (Lipinski definition) is 1. The molecular weight excluding hydrogens is 348 g/mol. The highest BCUT2D eigenvalue weighted by molar-refractivity contribution is 7.93. The summed E-state index contributed by atoms with van der Waals surface area (Å²) in [6.45, 7) is 2.20. The maximum atomic E-state index is 12.6. The Kier molecular flexibility index (Phi) is 4.69. The SMILES string of the molecule is COc1ccc(S(=O)(=O)Nc2nc3c(s2)C[C@@H](C)CC3)cc1OC. The van der Waals surface area contributed by atoms with Crippen molar-refractivity contribution in [2.75, 3.05) is 18.9 Å². The Bertz CT molecular complexity index is 846. The van der Waals surface area contributed by atoms with Crippen molar-refractivity contribution in [2.24, 2.45) is 5.92 Å². The maximum absolute atomic E-state index is 12.6. The Hall–Kier alpha value is -1.80. The summed E-state index contributed by atoms with van der Waals surface area (Å²) in [5, 5.41) is 0.420. The van der Waals surface area contributed by atoms with E-state index in [2.05, 4.69) is 16.6 Å². The maximum Gasteiger partial charge on any atom is 0.263 e. The minimum atomic E-state index is -3.72. The number of ether oxygens (including phenoxy) is 2. The second kappa shape index (κ2) is 6.60. The third kappa shape index (κ3) is 3.34. The van der Waals surface area contributed by atoms with E-state index in [9.17, 15) is 8.42 Å². The second-order valence-electron chi connectivity index (χ2n) is 5.86. The molecule has 0 fully saturated rings. The minimum Gasteiger partial charge on any atom is -0.493 e. The number of sulfonamides is 1. The molecule has 1 aliphatic rings. The van der Waals surface area contributed by atoms with Gasteiger partial charge in [-0.1, -0.05) is 6.92 Å². The molecule has 1 aliphatic carbocycles. The highest BCUT2D eigenvalue weighted by atomic mass is 32.2. The van der Waals surface area contributed by atoms with Gasteiger partial charge in [0.05, 0.1) is 24.8 Å². The van der Waals surface area contributed by atoms with Crippen molar-refractivity contribution < 1.29 is 17.9 Å². The quantitative estimate of drug-likeness (QED) is 0.877. The molecule has 0 spiro atoms. The predicted molar refractivity (Wildman–Crippen MR) is 93.7 cm³/mol. The van der Waals surface area contributed by atoms with Gasteiger partial charge < -0.3 is 9.47 Å². The molecule has 0 radical (unpaired) electrons. The van der Waals surface area contributed by atoms with Crippen molar-refractivity contribution in [2.45, 2.75) is 31.1 Å². The lowest BCUT2D eigenvalue weighted by molar-refractivity contribution is 0.354. The molecule has 1 aromatic carbocycles. The van der Waals surface area contributed by atoms with Crippen molar-refractivity contribution in [3.8, 4) is 11.5 Å². The zero-order valence-corrected chi connectivity index (χ0v) is 15.5. The number of aromatic nitrogens is 1. The van der Waals surface area contributed by atoms with Gasteiger partial charge in [0.2, 0.25) is 0 Å². The number of benzene rings is 1. The third-order valence-corrected chi connectivity index (χ3v) is 6.57. The van der Waals surface area contributed by atoms with E-state index in [0.29, 0.717) is 22.5 Å². The van der Waals surface area contributed by atoms with Gasteiger partial charge in [0.15, 0.2) is 16.6 Å². The molecule has 0 saturated carbocycles. The first-order valence-corrected chi connectivity index (χ1v) is 9.96. The lowest BCUT2D eigenvalue weighted by Crippen LogP contribution is -2.13. The first-order chi connectivity index (χ1) is 11.4. The van der Waals surface area contributed by atoms with E-state index < -0.39 is 10.0 Å². The van der Waals surface area contributed by atoms with Crippen molar-refractivity contribution in [3.05, 3.63) is 28.8 Å². The lowest BCUT2D eigenvalue weighted by atomic mass is 9.93. The molecule has 1 heterocycles. The van der Waals surface area contributed by atoms with Crippen molar-refractivity contribution >= 4 is 26.5 Å². The molecule has 0 bridgehead atoms. The fourth-order valence-corrected chi connectivity index (χ4v) is 5.16. The Labute approximate surface area is 145 Å². The molecule has 130 valence electrons. The summed E-state index contributed by atoms with van der Waals surface area (Å²) in [5.41, 5.74) is 1.02. The summed E-state index contributed by atoms with van der Waals surface area (Å²) in [5.74, 6) is 1.47. The number of fused-ring (bicyclic) bond motifs is 1. The van der Waals surface area contributed by atoms with Gasteiger partial charge in [-0.25, -0.2) is 13.4 Å². The summed E-state index contributed by atoms with van der Waals surface area (Å²) < 4.78 is 38.1. The van der Waals surface area contributed by atoms with Crippen LogP contribution in [0, 0.1) is 5.92 Å². The van der Waals surface area contributed by atoms with Gasteiger partial charge in [-0.2, -0.15) is 0 Å². The van der Waals surface area contributed by atoms with Gasteiger partial charge >= 0.3 is 0 Å². The zero-order chi connectivity index (χ0) is 17.3. The Morgan fingerprint density at radius 3 is 2.71 bits per heavy atom. The summed E-state index contributed by atoms with van der Waals surface area (Å²) >= 11 is 1.42. The molecule has 0 amide bonds. The summed E-state index contributed by atoms with van der Waals surface area (Å²) in [6, 6.07) is 4.50. The molecule has 24 heavy (non-hydrogen) atoms. The smallest absolute Gasteiger partial charge is 0.263 e. The van der Waals surface area contributed by atoms with Crippen molar-refractivity contribution in [3.63, 3.8) is 0 Å². The van der Waals surface area contributed by atoms with Gasteiger partial charge in [-0.3, -0.25) is 4.72 Å². The van der Waals surface area contributed by atoms with Gasteiger partial charge in [-0.05, 0) is 37.3 Å². The minimum absolute atomic E-state index is 0.113. The van der Waals surface area contributed by atoms with E-state index in [1.165, 1.54) is 42.6 Å². The van der Waals surface area contributed by atoms with E-state index in [4.69, 9.17) is 9.47 Å². The Morgan fingerprint density at radius 1 is 1.25 bits per heavy atom. The van der Waals surface area contributed by atoms with Crippen molar-refractivity contribution in [1.29, 1.82) is 0 Å². The average Bonchev–Trinajstić information content (AvgIpc) is 2.94.